The Labute approximate surface area is 235 Å². The van der Waals surface area contributed by atoms with Gasteiger partial charge in [0.25, 0.3) is 5.91 Å². The van der Waals surface area contributed by atoms with E-state index < -0.39 is 29.1 Å². The third kappa shape index (κ3) is 7.57. The summed E-state index contributed by atoms with van der Waals surface area (Å²) in [4.78, 5) is 20.4. The number of hydrogen-bond acceptors (Lipinski definition) is 6. The van der Waals surface area contributed by atoms with Crippen LogP contribution in [0, 0.1) is 6.92 Å². The fourth-order valence-corrected chi connectivity index (χ4v) is 3.42. The van der Waals surface area contributed by atoms with Crippen LogP contribution in [0.4, 0.5) is 29.2 Å². The van der Waals surface area contributed by atoms with E-state index in [4.69, 9.17) is 5.73 Å². The van der Waals surface area contributed by atoms with Gasteiger partial charge in [0.1, 0.15) is 11.6 Å². The number of aryl methyl sites for hydroxylation is 1. The fraction of sp³-hybridized carbons (Fsp3) is 0.192. The second-order valence-electron chi connectivity index (χ2n) is 8.61. The molecule has 3 aromatic heterocycles. The molecule has 0 unspecified atom stereocenters. The van der Waals surface area contributed by atoms with Crippen LogP contribution in [0.1, 0.15) is 24.0 Å². The Morgan fingerprint density at radius 3 is 2.36 bits per heavy atom. The third-order valence-electron chi connectivity index (χ3n) is 5.67. The molecule has 1 fully saturated rings. The van der Waals surface area contributed by atoms with E-state index in [1.807, 2.05) is 25.1 Å². The van der Waals surface area contributed by atoms with Crippen LogP contribution in [0.25, 0.3) is 28.1 Å². The molecule has 0 bridgehead atoms. The van der Waals surface area contributed by atoms with Crippen LogP contribution in [0.2, 0.25) is 0 Å². The number of nitrogens with zero attached hydrogens (tertiary/aromatic N) is 4. The van der Waals surface area contributed by atoms with E-state index >= 15 is 0 Å². The molecular formula is C26H21F4N6O2W-. The van der Waals surface area contributed by atoms with Crippen molar-refractivity contribution in [2.24, 2.45) is 0 Å². The minimum Gasteiger partial charge on any atom is -0.508 e. The van der Waals surface area contributed by atoms with E-state index in [9.17, 15) is 27.5 Å². The van der Waals surface area contributed by atoms with Crippen molar-refractivity contribution in [1.29, 1.82) is 0 Å². The van der Waals surface area contributed by atoms with Crippen LogP contribution in [-0.2, 0) is 32.0 Å². The van der Waals surface area contributed by atoms with Crippen molar-refractivity contribution >= 4 is 17.5 Å². The molecule has 0 saturated heterocycles. The van der Waals surface area contributed by atoms with E-state index in [0.717, 1.165) is 22.3 Å². The third-order valence-corrected chi connectivity index (χ3v) is 5.67. The quantitative estimate of drug-likeness (QED) is 0.235. The molecular weight excluding hydrogens is 688 g/mol. The molecule has 3 N–H and O–H groups in total. The van der Waals surface area contributed by atoms with Gasteiger partial charge in [0.05, 0.1) is 11.3 Å². The molecule has 39 heavy (non-hydrogen) atoms. The molecule has 3 heterocycles. The van der Waals surface area contributed by atoms with Gasteiger partial charge in [-0.25, -0.2) is 9.37 Å². The molecule has 1 amide bonds. The Bertz CT molecular complexity index is 1480. The maximum absolute atomic E-state index is 13.8. The average molecular weight is 709 g/mol. The maximum Gasteiger partial charge on any atom is 0.417 e. The van der Waals surface area contributed by atoms with Crippen molar-refractivity contribution < 1.29 is 48.5 Å². The molecule has 0 radical (unpaired) electrons. The number of nitrogens with one attached hydrogen (secondary N) is 2. The normalized spacial score (nSPS) is 13.4. The minimum absolute atomic E-state index is 0. The van der Waals surface area contributed by atoms with Crippen molar-refractivity contribution in [1.82, 2.24) is 20.2 Å². The Morgan fingerprint density at radius 1 is 1.03 bits per heavy atom. The summed E-state index contributed by atoms with van der Waals surface area (Å²) in [6, 6.07) is 13.1. The van der Waals surface area contributed by atoms with E-state index in [0.29, 0.717) is 23.8 Å². The van der Waals surface area contributed by atoms with Crippen molar-refractivity contribution in [3.63, 3.8) is 0 Å². The van der Waals surface area contributed by atoms with Gasteiger partial charge in [-0.15, -0.1) is 0 Å². The van der Waals surface area contributed by atoms with Gasteiger partial charge in [0.15, 0.2) is 5.67 Å². The summed E-state index contributed by atoms with van der Waals surface area (Å²) < 4.78 is 49.3. The molecule has 1 aliphatic carbocycles. The molecule has 1 saturated carbocycles. The SMILES string of the molecule is Cc1ccc(O)cc1-c1ccnc(-c2ccnc(NC(=O)C3(F)CC3)c2)c1.[NH-]c1cc(C(F)(F)F)cnn1.[W]. The van der Waals surface area contributed by atoms with Crippen molar-refractivity contribution in [2.45, 2.75) is 31.6 Å². The molecule has 202 valence electrons. The van der Waals surface area contributed by atoms with Gasteiger partial charge in [-0.3, -0.25) is 14.9 Å². The number of anilines is 1. The first kappa shape index (κ1) is 29.6. The Balaban J connectivity index is 0.000000297. The zero-order valence-corrected chi connectivity index (χ0v) is 23.3. The summed E-state index contributed by atoms with van der Waals surface area (Å²) in [5.74, 6) is -0.644. The Kier molecular flexibility index (Phi) is 9.01. The van der Waals surface area contributed by atoms with E-state index in [2.05, 4.69) is 25.5 Å². The Hall–Kier alpha value is -3.92. The largest absolute Gasteiger partial charge is 0.508 e. The van der Waals surface area contributed by atoms with E-state index in [-0.39, 0.29) is 39.7 Å². The van der Waals surface area contributed by atoms with Crippen molar-refractivity contribution in [3.8, 4) is 28.1 Å². The number of aromatic nitrogens is 4. The summed E-state index contributed by atoms with van der Waals surface area (Å²) in [7, 11) is 0. The number of benzene rings is 1. The number of carbonyl (C=O) groups is 1. The molecule has 1 aromatic carbocycles. The first-order chi connectivity index (χ1) is 17.9. The summed E-state index contributed by atoms with van der Waals surface area (Å²) in [5, 5.41) is 18.4. The number of phenolic OH excluding ortho intramolecular Hbond substituents is 1. The summed E-state index contributed by atoms with van der Waals surface area (Å²) in [5.41, 5.74) is 8.35. The van der Waals surface area contributed by atoms with Crippen LogP contribution in [0.3, 0.4) is 0 Å². The molecule has 0 aliphatic heterocycles. The minimum atomic E-state index is -4.44. The van der Waals surface area contributed by atoms with Crippen molar-refractivity contribution in [3.05, 3.63) is 84.0 Å². The number of rotatable bonds is 4. The smallest absolute Gasteiger partial charge is 0.417 e. The number of carbonyl (C=O) groups excluding carboxylic acids is 1. The molecule has 0 spiro atoms. The molecule has 13 heteroatoms. The second kappa shape index (κ2) is 11.9. The number of pyridine rings is 2. The summed E-state index contributed by atoms with van der Waals surface area (Å²) in [6.07, 6.45) is -0.106. The van der Waals surface area contributed by atoms with Gasteiger partial charge in [-0.2, -0.15) is 13.2 Å². The average Bonchev–Trinajstić information content (AvgIpc) is 3.64. The standard InChI is InChI=1S/C21H18FN3O2.C5H3F3N3.W/c1-13-2-3-16(26)12-17(13)14-4-8-23-18(10-14)15-5-9-24-19(11-15)25-20(27)21(22)6-7-21;6-5(7,8)3-1-4(9)11-10-2-3;/h2-5,8-12,26H,6-7H2,1H3,(H,24,25,27);1-2H,(H-,9,11);/q;-1;. The number of halogens is 4. The van der Waals surface area contributed by atoms with Gasteiger partial charge < -0.3 is 21.3 Å². The molecule has 1 aliphatic rings. The second-order valence-corrected chi connectivity index (χ2v) is 8.61. The number of alkyl halides is 4. The first-order valence-corrected chi connectivity index (χ1v) is 11.3. The van der Waals surface area contributed by atoms with Gasteiger partial charge in [-0.1, -0.05) is 6.07 Å². The zero-order chi connectivity index (χ0) is 27.5. The predicted molar refractivity (Wildman–Crippen MR) is 132 cm³/mol. The van der Waals surface area contributed by atoms with Gasteiger partial charge in [0.2, 0.25) is 0 Å². The van der Waals surface area contributed by atoms with Gasteiger partial charge in [-0.05, 0) is 84.7 Å². The molecule has 5 rings (SSSR count). The zero-order valence-electron chi connectivity index (χ0n) is 20.3. The number of aromatic hydroxyl groups is 1. The first-order valence-electron chi connectivity index (χ1n) is 11.3. The van der Waals surface area contributed by atoms with Gasteiger partial charge >= 0.3 is 6.18 Å². The molecule has 4 aromatic rings. The maximum atomic E-state index is 13.8. The topological polar surface area (TPSA) is 125 Å². The summed E-state index contributed by atoms with van der Waals surface area (Å²) in [6.45, 7) is 1.97. The van der Waals surface area contributed by atoms with Crippen molar-refractivity contribution in [2.75, 3.05) is 5.32 Å². The molecule has 0 atom stereocenters. The van der Waals surface area contributed by atoms with Gasteiger partial charge in [0, 0.05) is 45.2 Å². The monoisotopic (exact) mass is 709 g/mol. The predicted octanol–water partition coefficient (Wildman–Crippen LogP) is 6.44. The number of amides is 1. The van der Waals surface area contributed by atoms with Crippen LogP contribution in [0.15, 0.2) is 67.1 Å². The molecule has 8 nitrogen and oxygen atoms in total. The van der Waals surface area contributed by atoms with E-state index in [1.54, 1.807) is 36.7 Å². The number of phenols is 1. The van der Waals surface area contributed by atoms with Crippen LogP contribution in [-0.4, -0.2) is 36.8 Å². The number of hydrogen-bond donors (Lipinski definition) is 2. The summed E-state index contributed by atoms with van der Waals surface area (Å²) >= 11 is 0. The van der Waals surface area contributed by atoms with E-state index in [1.165, 1.54) is 0 Å². The van der Waals surface area contributed by atoms with Crippen LogP contribution >= 0.6 is 0 Å². The van der Waals surface area contributed by atoms with Crippen LogP contribution in [0.5, 0.6) is 5.75 Å². The Morgan fingerprint density at radius 2 is 1.72 bits per heavy atom. The fourth-order valence-electron chi connectivity index (χ4n) is 3.42. The van der Waals surface area contributed by atoms with Crippen LogP contribution < -0.4 is 5.32 Å².